The summed E-state index contributed by atoms with van der Waals surface area (Å²) in [6.07, 6.45) is 1.57. The Balaban J connectivity index is 1.74. The summed E-state index contributed by atoms with van der Waals surface area (Å²) in [4.78, 5) is 19.8. The van der Waals surface area contributed by atoms with Crippen LogP contribution in [-0.2, 0) is 0 Å². The summed E-state index contributed by atoms with van der Waals surface area (Å²) in [7, 11) is 0. The minimum atomic E-state index is -0.664. The van der Waals surface area contributed by atoms with E-state index in [-0.39, 0.29) is 16.3 Å². The molecule has 134 valence electrons. The molecule has 0 saturated carbocycles. The molecule has 4 rings (SSSR count). The zero-order chi connectivity index (χ0) is 19.0. The van der Waals surface area contributed by atoms with Crippen molar-refractivity contribution in [2.75, 3.05) is 5.32 Å². The standard InChI is InChI=1S/C17H10ClFN6OS/c18-8-2-1-3-9(19)13(8)17-22-10-6-7-21-16(14(10)27-17)23-12-5-4-11(15(20)26)24-25-12/h1-7H,(H2,20,26)(H,21,23,25). The van der Waals surface area contributed by atoms with Gasteiger partial charge < -0.3 is 11.1 Å². The summed E-state index contributed by atoms with van der Waals surface area (Å²) in [6, 6.07) is 9.22. The molecule has 0 atom stereocenters. The average Bonchev–Trinajstić information content (AvgIpc) is 3.07. The van der Waals surface area contributed by atoms with Crippen molar-refractivity contribution in [2.45, 2.75) is 0 Å². The predicted octanol–water partition coefficient (Wildman–Crippen LogP) is 3.78. The van der Waals surface area contributed by atoms with E-state index in [2.05, 4.69) is 25.5 Å². The number of nitrogens with zero attached hydrogens (tertiary/aromatic N) is 4. The Bertz CT molecular complexity index is 1140. The minimum Gasteiger partial charge on any atom is -0.364 e. The van der Waals surface area contributed by atoms with Crippen LogP contribution in [0.5, 0.6) is 0 Å². The highest BCUT2D eigenvalue weighted by Crippen LogP contribution is 2.38. The Hall–Kier alpha value is -3.17. The molecule has 27 heavy (non-hydrogen) atoms. The Morgan fingerprint density at radius 1 is 1.19 bits per heavy atom. The van der Waals surface area contributed by atoms with E-state index < -0.39 is 11.7 Å². The highest BCUT2D eigenvalue weighted by Gasteiger charge is 2.17. The molecule has 0 saturated heterocycles. The number of nitrogens with two attached hydrogens (primary N) is 1. The number of amides is 1. The summed E-state index contributed by atoms with van der Waals surface area (Å²) in [5.41, 5.74) is 6.09. The van der Waals surface area contributed by atoms with Gasteiger partial charge in [-0.1, -0.05) is 17.7 Å². The van der Waals surface area contributed by atoms with Crippen molar-refractivity contribution < 1.29 is 9.18 Å². The predicted molar refractivity (Wildman–Crippen MR) is 102 cm³/mol. The Kier molecular flexibility index (Phi) is 4.38. The van der Waals surface area contributed by atoms with Crippen molar-refractivity contribution >= 4 is 50.7 Å². The number of anilines is 2. The molecule has 0 aliphatic heterocycles. The lowest BCUT2D eigenvalue weighted by Crippen LogP contribution is -2.13. The number of primary amides is 1. The van der Waals surface area contributed by atoms with Gasteiger partial charge in [-0.2, -0.15) is 0 Å². The number of carbonyl (C=O) groups excluding carboxylic acids is 1. The quantitative estimate of drug-likeness (QED) is 0.539. The van der Waals surface area contributed by atoms with E-state index in [9.17, 15) is 9.18 Å². The molecule has 7 nitrogen and oxygen atoms in total. The van der Waals surface area contributed by atoms with Crippen LogP contribution in [0.1, 0.15) is 10.5 Å². The largest absolute Gasteiger partial charge is 0.364 e. The third-order valence-corrected chi connectivity index (χ3v) is 5.05. The second-order valence-corrected chi connectivity index (χ2v) is 6.82. The monoisotopic (exact) mass is 400 g/mol. The van der Waals surface area contributed by atoms with E-state index in [0.717, 1.165) is 0 Å². The normalized spacial score (nSPS) is 10.9. The molecule has 3 N–H and O–H groups in total. The van der Waals surface area contributed by atoms with E-state index >= 15 is 0 Å². The lowest BCUT2D eigenvalue weighted by molar-refractivity contribution is 0.0994. The van der Waals surface area contributed by atoms with Gasteiger partial charge in [-0.25, -0.2) is 14.4 Å². The van der Waals surface area contributed by atoms with Gasteiger partial charge in [0.25, 0.3) is 5.91 Å². The number of rotatable bonds is 4. The van der Waals surface area contributed by atoms with Crippen LogP contribution in [0.4, 0.5) is 16.0 Å². The number of thiazole rings is 1. The van der Waals surface area contributed by atoms with Gasteiger partial charge in [-0.3, -0.25) is 4.79 Å². The molecule has 0 aliphatic carbocycles. The highest BCUT2D eigenvalue weighted by molar-refractivity contribution is 7.22. The molecule has 3 heterocycles. The summed E-state index contributed by atoms with van der Waals surface area (Å²) >= 11 is 7.39. The molecule has 0 unspecified atom stereocenters. The Labute approximate surface area is 161 Å². The first-order chi connectivity index (χ1) is 13.0. The lowest BCUT2D eigenvalue weighted by atomic mass is 10.2. The molecule has 1 amide bonds. The van der Waals surface area contributed by atoms with Crippen LogP contribution in [0.2, 0.25) is 5.02 Å². The molecule has 1 aromatic carbocycles. The maximum absolute atomic E-state index is 14.2. The third-order valence-electron chi connectivity index (χ3n) is 3.64. The van der Waals surface area contributed by atoms with Crippen molar-refractivity contribution in [3.05, 3.63) is 59.1 Å². The van der Waals surface area contributed by atoms with Crippen LogP contribution in [0.3, 0.4) is 0 Å². The van der Waals surface area contributed by atoms with E-state index in [1.165, 1.54) is 29.5 Å². The van der Waals surface area contributed by atoms with Gasteiger partial charge in [-0.15, -0.1) is 21.5 Å². The molecule has 4 aromatic rings. The number of halogens is 2. The zero-order valence-corrected chi connectivity index (χ0v) is 15.1. The number of benzene rings is 1. The second-order valence-electron chi connectivity index (χ2n) is 5.42. The topological polar surface area (TPSA) is 107 Å². The van der Waals surface area contributed by atoms with Gasteiger partial charge in [0.05, 0.1) is 20.8 Å². The van der Waals surface area contributed by atoms with Crippen LogP contribution in [0.25, 0.3) is 20.8 Å². The molecule has 0 fully saturated rings. The van der Waals surface area contributed by atoms with Gasteiger partial charge in [0, 0.05) is 6.20 Å². The average molecular weight is 401 g/mol. The maximum Gasteiger partial charge on any atom is 0.269 e. The number of hydrogen-bond donors (Lipinski definition) is 2. The summed E-state index contributed by atoms with van der Waals surface area (Å²) in [5, 5.41) is 11.4. The van der Waals surface area contributed by atoms with E-state index in [4.69, 9.17) is 17.3 Å². The van der Waals surface area contributed by atoms with Gasteiger partial charge in [0.2, 0.25) is 0 Å². The molecule has 0 spiro atoms. The summed E-state index contributed by atoms with van der Waals surface area (Å²) in [6.45, 7) is 0. The minimum absolute atomic E-state index is 0.0565. The zero-order valence-electron chi connectivity index (χ0n) is 13.5. The molecule has 0 radical (unpaired) electrons. The summed E-state index contributed by atoms with van der Waals surface area (Å²) in [5.74, 6) is -0.260. The van der Waals surface area contributed by atoms with E-state index in [1.54, 1.807) is 24.4 Å². The fraction of sp³-hybridized carbons (Fsp3) is 0. The molecule has 0 bridgehead atoms. The number of fused-ring (bicyclic) bond motifs is 1. The second kappa shape index (κ2) is 6.86. The smallest absolute Gasteiger partial charge is 0.269 e. The molecular formula is C17H10ClFN6OS. The van der Waals surface area contributed by atoms with Gasteiger partial charge in [-0.05, 0) is 30.3 Å². The maximum atomic E-state index is 14.2. The van der Waals surface area contributed by atoms with Crippen LogP contribution in [-0.4, -0.2) is 26.1 Å². The Morgan fingerprint density at radius 2 is 2.04 bits per heavy atom. The van der Waals surface area contributed by atoms with Crippen LogP contribution >= 0.6 is 22.9 Å². The SMILES string of the molecule is NC(=O)c1ccc(Nc2nccc3nc(-c4c(F)cccc4Cl)sc23)nn1. The lowest BCUT2D eigenvalue weighted by Gasteiger charge is -2.04. The van der Waals surface area contributed by atoms with Crippen molar-refractivity contribution in [3.8, 4) is 10.6 Å². The number of hydrogen-bond acceptors (Lipinski definition) is 7. The van der Waals surface area contributed by atoms with Crippen molar-refractivity contribution in [2.24, 2.45) is 5.73 Å². The first-order valence-electron chi connectivity index (χ1n) is 7.63. The first kappa shape index (κ1) is 17.3. The van der Waals surface area contributed by atoms with Crippen LogP contribution in [0, 0.1) is 5.82 Å². The van der Waals surface area contributed by atoms with Gasteiger partial charge in [0.1, 0.15) is 10.8 Å². The number of nitrogens with one attached hydrogen (secondary N) is 1. The van der Waals surface area contributed by atoms with Gasteiger partial charge >= 0.3 is 0 Å². The van der Waals surface area contributed by atoms with E-state index in [1.807, 2.05) is 0 Å². The summed E-state index contributed by atoms with van der Waals surface area (Å²) < 4.78 is 14.9. The molecule has 0 aliphatic rings. The molecular weight excluding hydrogens is 391 g/mol. The Morgan fingerprint density at radius 3 is 2.74 bits per heavy atom. The third kappa shape index (κ3) is 3.29. The fourth-order valence-corrected chi connectivity index (χ4v) is 3.78. The number of carbonyl (C=O) groups is 1. The molecule has 3 aromatic heterocycles. The fourth-order valence-electron chi connectivity index (χ4n) is 2.41. The van der Waals surface area contributed by atoms with Crippen molar-refractivity contribution in [1.29, 1.82) is 0 Å². The van der Waals surface area contributed by atoms with E-state index in [0.29, 0.717) is 26.9 Å². The van der Waals surface area contributed by atoms with Crippen LogP contribution in [0.15, 0.2) is 42.6 Å². The number of pyridine rings is 1. The molecule has 10 heteroatoms. The van der Waals surface area contributed by atoms with Crippen LogP contribution < -0.4 is 11.1 Å². The number of aromatic nitrogens is 4. The van der Waals surface area contributed by atoms with Gasteiger partial charge in [0.15, 0.2) is 17.3 Å². The van der Waals surface area contributed by atoms with Crippen molar-refractivity contribution in [1.82, 2.24) is 20.2 Å². The highest BCUT2D eigenvalue weighted by atomic mass is 35.5. The first-order valence-corrected chi connectivity index (χ1v) is 8.83. The van der Waals surface area contributed by atoms with Crippen molar-refractivity contribution in [3.63, 3.8) is 0 Å².